The van der Waals surface area contributed by atoms with Gasteiger partial charge in [-0.25, -0.2) is 22.9 Å². The molecule has 0 aliphatic heterocycles. The van der Waals surface area contributed by atoms with Gasteiger partial charge in [0.25, 0.3) is 5.56 Å². The highest BCUT2D eigenvalue weighted by atomic mass is 35.5. The van der Waals surface area contributed by atoms with Gasteiger partial charge in [-0.15, -0.1) is 0 Å². The largest absolute Gasteiger partial charge is 0.456 e. The van der Waals surface area contributed by atoms with Crippen molar-refractivity contribution in [3.8, 4) is 6.07 Å². The normalized spacial score (nSPS) is 11.2. The predicted octanol–water partition coefficient (Wildman–Crippen LogP) is 1.90. The summed E-state index contributed by atoms with van der Waals surface area (Å²) in [7, 11) is -3.77. The van der Waals surface area contributed by atoms with Gasteiger partial charge in [-0.3, -0.25) is 9.20 Å². The fourth-order valence-electron chi connectivity index (χ4n) is 2.52. The zero-order chi connectivity index (χ0) is 21.7. The van der Waals surface area contributed by atoms with Gasteiger partial charge in [0.05, 0.1) is 27.2 Å². The van der Waals surface area contributed by atoms with E-state index < -0.39 is 16.0 Å². The van der Waals surface area contributed by atoms with Crippen LogP contribution >= 0.6 is 11.6 Å². The minimum Gasteiger partial charge on any atom is -0.456 e. The van der Waals surface area contributed by atoms with Gasteiger partial charge >= 0.3 is 5.97 Å². The molecule has 0 fully saturated rings. The second-order valence-corrected chi connectivity index (χ2v) is 8.27. The van der Waals surface area contributed by atoms with Crippen molar-refractivity contribution < 1.29 is 17.9 Å². The SMILES string of the molecule is N#CCCNS(=O)(=O)c1ccc(C(=O)OCc2cc(=O)n3cc(Cl)ccc3n2)cc1. The van der Waals surface area contributed by atoms with E-state index in [9.17, 15) is 18.0 Å². The van der Waals surface area contributed by atoms with Gasteiger partial charge in [0.1, 0.15) is 12.3 Å². The fraction of sp³-hybridized carbons (Fsp3) is 0.158. The maximum atomic E-state index is 12.2. The standard InChI is InChI=1S/C19H15ClN4O5S/c20-14-4-7-17-23-15(10-18(25)24(17)11-14)12-29-19(26)13-2-5-16(6-3-13)30(27,28)22-9-1-8-21/h2-7,10-11,22H,1,9,12H2. The van der Waals surface area contributed by atoms with Crippen LogP contribution in [0.25, 0.3) is 5.65 Å². The highest BCUT2D eigenvalue weighted by Gasteiger charge is 2.15. The summed E-state index contributed by atoms with van der Waals surface area (Å²) in [5.41, 5.74) is 0.384. The molecule has 1 N–H and O–H groups in total. The van der Waals surface area contributed by atoms with E-state index in [0.29, 0.717) is 10.7 Å². The second-order valence-electron chi connectivity index (χ2n) is 6.07. The summed E-state index contributed by atoms with van der Waals surface area (Å²) < 4.78 is 32.9. The molecule has 2 heterocycles. The molecule has 3 rings (SSSR count). The summed E-state index contributed by atoms with van der Waals surface area (Å²) in [6, 6.07) is 11.4. The first-order valence-corrected chi connectivity index (χ1v) is 10.5. The number of fused-ring (bicyclic) bond motifs is 1. The Kier molecular flexibility index (Phi) is 6.47. The van der Waals surface area contributed by atoms with Crippen molar-refractivity contribution in [3.63, 3.8) is 0 Å². The second kappa shape index (κ2) is 9.04. The summed E-state index contributed by atoms with van der Waals surface area (Å²) in [5, 5.41) is 8.86. The van der Waals surface area contributed by atoms with Crippen LogP contribution in [0, 0.1) is 11.3 Å². The molecule has 1 aromatic carbocycles. The van der Waals surface area contributed by atoms with E-state index >= 15 is 0 Å². The van der Waals surface area contributed by atoms with Crippen molar-refractivity contribution in [1.29, 1.82) is 5.26 Å². The number of sulfonamides is 1. The number of rotatable bonds is 7. The number of pyridine rings is 1. The molecule has 0 radical (unpaired) electrons. The molecule has 154 valence electrons. The molecule has 2 aromatic heterocycles. The van der Waals surface area contributed by atoms with Gasteiger partial charge in [-0.1, -0.05) is 11.6 Å². The lowest BCUT2D eigenvalue weighted by molar-refractivity contribution is 0.0467. The number of aromatic nitrogens is 2. The lowest BCUT2D eigenvalue weighted by Gasteiger charge is -2.08. The quantitative estimate of drug-likeness (QED) is 0.433. The monoisotopic (exact) mass is 446 g/mol. The highest BCUT2D eigenvalue weighted by molar-refractivity contribution is 7.89. The molecule has 0 saturated heterocycles. The van der Waals surface area contributed by atoms with Crippen molar-refractivity contribution in [3.05, 3.63) is 75.3 Å². The van der Waals surface area contributed by atoms with Gasteiger partial charge in [0.2, 0.25) is 10.0 Å². The molecule has 11 heteroatoms. The van der Waals surface area contributed by atoms with Gasteiger partial charge in [0, 0.05) is 25.2 Å². The number of nitrogens with one attached hydrogen (secondary N) is 1. The first-order chi connectivity index (χ1) is 14.3. The van der Waals surface area contributed by atoms with Gasteiger partial charge in [0.15, 0.2) is 0 Å². The van der Waals surface area contributed by atoms with E-state index in [0.717, 1.165) is 0 Å². The van der Waals surface area contributed by atoms with E-state index in [1.54, 1.807) is 12.1 Å². The molecule has 0 bridgehead atoms. The average Bonchev–Trinajstić information content (AvgIpc) is 2.73. The first-order valence-electron chi connectivity index (χ1n) is 8.62. The van der Waals surface area contributed by atoms with E-state index in [-0.39, 0.29) is 41.3 Å². The number of esters is 1. The van der Waals surface area contributed by atoms with Gasteiger partial charge < -0.3 is 4.74 Å². The van der Waals surface area contributed by atoms with E-state index in [1.807, 2.05) is 6.07 Å². The molecule has 0 spiro atoms. The fourth-order valence-corrected chi connectivity index (χ4v) is 3.71. The molecular formula is C19H15ClN4O5S. The molecule has 0 atom stereocenters. The van der Waals surface area contributed by atoms with Crippen LogP contribution in [0.3, 0.4) is 0 Å². The summed E-state index contributed by atoms with van der Waals surface area (Å²) in [6.45, 7) is -0.240. The van der Waals surface area contributed by atoms with Crippen LogP contribution in [0.5, 0.6) is 0 Å². The predicted molar refractivity (Wildman–Crippen MR) is 107 cm³/mol. The number of halogens is 1. The van der Waals surface area contributed by atoms with Crippen molar-refractivity contribution in [2.24, 2.45) is 0 Å². The highest BCUT2D eigenvalue weighted by Crippen LogP contribution is 2.13. The number of benzene rings is 1. The minimum absolute atomic E-state index is 0.00637. The van der Waals surface area contributed by atoms with Gasteiger partial charge in [-0.2, -0.15) is 5.26 Å². The average molecular weight is 447 g/mol. The topological polar surface area (TPSA) is 131 Å². The lowest BCUT2D eigenvalue weighted by atomic mass is 10.2. The van der Waals surface area contributed by atoms with Crippen LogP contribution in [0.4, 0.5) is 0 Å². The maximum absolute atomic E-state index is 12.2. The molecule has 9 nitrogen and oxygen atoms in total. The molecule has 0 aliphatic carbocycles. The Bertz CT molecular complexity index is 1300. The Morgan fingerprint density at radius 2 is 1.97 bits per heavy atom. The Balaban J connectivity index is 1.68. The number of carbonyl (C=O) groups is 1. The lowest BCUT2D eigenvalue weighted by Crippen LogP contribution is -2.24. The Morgan fingerprint density at radius 1 is 1.23 bits per heavy atom. The summed E-state index contributed by atoms with van der Waals surface area (Å²) >= 11 is 5.86. The van der Waals surface area contributed by atoms with E-state index in [2.05, 4.69) is 9.71 Å². The van der Waals surface area contributed by atoms with E-state index in [1.165, 1.54) is 40.9 Å². The maximum Gasteiger partial charge on any atom is 0.338 e. The zero-order valence-corrected chi connectivity index (χ0v) is 17.0. The Labute approximate surface area is 176 Å². The van der Waals surface area contributed by atoms with Crippen LogP contribution in [-0.2, 0) is 21.4 Å². The van der Waals surface area contributed by atoms with Gasteiger partial charge in [-0.05, 0) is 36.4 Å². The molecule has 30 heavy (non-hydrogen) atoms. The number of nitriles is 1. The molecule has 0 amide bonds. The number of carbonyl (C=O) groups excluding carboxylic acids is 1. The van der Waals surface area contributed by atoms with Crippen molar-refractivity contribution >= 4 is 33.2 Å². The molecule has 0 saturated carbocycles. The summed E-state index contributed by atoms with van der Waals surface area (Å²) in [5.74, 6) is -0.700. The van der Waals surface area contributed by atoms with Crippen LogP contribution in [-0.4, -0.2) is 30.3 Å². The zero-order valence-electron chi connectivity index (χ0n) is 15.4. The van der Waals surface area contributed by atoms with Crippen molar-refractivity contribution in [1.82, 2.24) is 14.1 Å². The molecular weight excluding hydrogens is 432 g/mol. The number of hydrogen-bond donors (Lipinski definition) is 1. The van der Waals surface area contributed by atoms with Crippen LogP contribution in [0.2, 0.25) is 5.02 Å². The Morgan fingerprint density at radius 3 is 2.67 bits per heavy atom. The minimum atomic E-state index is -3.77. The van der Waals surface area contributed by atoms with Crippen molar-refractivity contribution in [2.75, 3.05) is 6.54 Å². The third-order valence-corrected chi connectivity index (χ3v) is 5.66. The summed E-state index contributed by atoms with van der Waals surface area (Å²) in [4.78, 5) is 28.6. The van der Waals surface area contributed by atoms with Crippen LogP contribution < -0.4 is 10.3 Å². The smallest absolute Gasteiger partial charge is 0.338 e. The summed E-state index contributed by atoms with van der Waals surface area (Å²) in [6.07, 6.45) is 1.48. The molecule has 0 unspecified atom stereocenters. The number of ether oxygens (including phenoxy) is 1. The number of hydrogen-bond acceptors (Lipinski definition) is 7. The molecule has 3 aromatic rings. The third kappa shape index (κ3) is 5.01. The Hall–Kier alpha value is -3.26. The number of nitrogens with zero attached hydrogens (tertiary/aromatic N) is 3. The first kappa shape index (κ1) is 21.4. The van der Waals surface area contributed by atoms with Crippen LogP contribution in [0.1, 0.15) is 22.5 Å². The van der Waals surface area contributed by atoms with Crippen molar-refractivity contribution in [2.45, 2.75) is 17.9 Å². The van der Waals surface area contributed by atoms with Crippen LogP contribution in [0.15, 0.2) is 58.4 Å². The molecule has 0 aliphatic rings. The third-order valence-electron chi connectivity index (χ3n) is 3.96. The van der Waals surface area contributed by atoms with E-state index in [4.69, 9.17) is 21.6 Å².